The van der Waals surface area contributed by atoms with Crippen molar-refractivity contribution in [2.24, 2.45) is 0 Å². The Hall–Kier alpha value is -2.82. The Kier molecular flexibility index (Phi) is 3.46. The third-order valence-corrected chi connectivity index (χ3v) is 4.14. The standard InChI is InChI=1S/C18H17N3O2/c22-18(14-2-3-15-16(10-14)21-11-20-15)19-7-5-12-1-4-17-13(9-12)6-8-23-17/h1-4,9-11H,5-8H2,(H,19,22)(H,20,21). The van der Waals surface area contributed by atoms with Crippen LogP contribution in [0.3, 0.4) is 0 Å². The highest BCUT2D eigenvalue weighted by Crippen LogP contribution is 2.25. The lowest BCUT2D eigenvalue weighted by Gasteiger charge is -2.07. The second-order valence-corrected chi connectivity index (χ2v) is 5.68. The minimum absolute atomic E-state index is 0.0639. The van der Waals surface area contributed by atoms with Gasteiger partial charge in [-0.05, 0) is 41.8 Å². The molecule has 0 bridgehead atoms. The molecule has 0 saturated heterocycles. The fraction of sp³-hybridized carbons (Fsp3) is 0.222. The van der Waals surface area contributed by atoms with E-state index in [0.29, 0.717) is 12.1 Å². The van der Waals surface area contributed by atoms with E-state index in [-0.39, 0.29) is 5.91 Å². The number of carbonyl (C=O) groups is 1. The first-order valence-corrected chi connectivity index (χ1v) is 7.75. The second kappa shape index (κ2) is 5.76. The van der Waals surface area contributed by atoms with Gasteiger partial charge < -0.3 is 15.0 Å². The quantitative estimate of drug-likeness (QED) is 0.778. The monoisotopic (exact) mass is 307 g/mol. The van der Waals surface area contributed by atoms with Gasteiger partial charge in [-0.15, -0.1) is 0 Å². The molecule has 1 amide bonds. The molecule has 0 aliphatic carbocycles. The Labute approximate surface area is 133 Å². The highest BCUT2D eigenvalue weighted by atomic mass is 16.5. The Bertz CT molecular complexity index is 870. The van der Waals surface area contributed by atoms with Crippen molar-refractivity contribution in [2.75, 3.05) is 13.2 Å². The van der Waals surface area contributed by atoms with Crippen molar-refractivity contribution in [3.05, 3.63) is 59.4 Å². The fourth-order valence-electron chi connectivity index (χ4n) is 2.89. The highest BCUT2D eigenvalue weighted by Gasteiger charge is 2.12. The van der Waals surface area contributed by atoms with Crippen molar-refractivity contribution in [2.45, 2.75) is 12.8 Å². The molecule has 4 rings (SSSR count). The molecular weight excluding hydrogens is 290 g/mol. The molecular formula is C18H17N3O2. The summed E-state index contributed by atoms with van der Waals surface area (Å²) in [6.45, 7) is 1.38. The number of nitrogens with zero attached hydrogens (tertiary/aromatic N) is 1. The molecule has 3 aromatic rings. The van der Waals surface area contributed by atoms with Crippen LogP contribution in [0.5, 0.6) is 5.75 Å². The Balaban J connectivity index is 1.37. The molecule has 2 heterocycles. The van der Waals surface area contributed by atoms with Gasteiger partial charge >= 0.3 is 0 Å². The predicted octanol–water partition coefficient (Wildman–Crippen LogP) is 2.47. The number of imidazole rings is 1. The van der Waals surface area contributed by atoms with Gasteiger partial charge in [-0.1, -0.05) is 12.1 Å². The minimum Gasteiger partial charge on any atom is -0.493 e. The number of hydrogen-bond acceptors (Lipinski definition) is 3. The molecule has 1 aliphatic rings. The van der Waals surface area contributed by atoms with Crippen molar-refractivity contribution in [1.29, 1.82) is 0 Å². The van der Waals surface area contributed by atoms with Crippen molar-refractivity contribution < 1.29 is 9.53 Å². The van der Waals surface area contributed by atoms with Crippen LogP contribution in [0.2, 0.25) is 0 Å². The topological polar surface area (TPSA) is 67.0 Å². The van der Waals surface area contributed by atoms with Crippen LogP contribution in [0.4, 0.5) is 0 Å². The maximum absolute atomic E-state index is 12.2. The number of benzene rings is 2. The minimum atomic E-state index is -0.0639. The van der Waals surface area contributed by atoms with E-state index in [1.165, 1.54) is 11.1 Å². The summed E-state index contributed by atoms with van der Waals surface area (Å²) in [4.78, 5) is 19.4. The maximum Gasteiger partial charge on any atom is 0.251 e. The van der Waals surface area contributed by atoms with Crippen LogP contribution in [0.25, 0.3) is 11.0 Å². The van der Waals surface area contributed by atoms with Gasteiger partial charge in [0, 0.05) is 18.5 Å². The average molecular weight is 307 g/mol. The summed E-state index contributed by atoms with van der Waals surface area (Å²) in [7, 11) is 0. The van der Waals surface area contributed by atoms with Crippen LogP contribution in [0, 0.1) is 0 Å². The lowest BCUT2D eigenvalue weighted by molar-refractivity contribution is 0.0954. The molecule has 2 N–H and O–H groups in total. The molecule has 1 aromatic heterocycles. The number of aromatic amines is 1. The number of H-pyrrole nitrogens is 1. The molecule has 0 spiro atoms. The first-order valence-electron chi connectivity index (χ1n) is 7.75. The summed E-state index contributed by atoms with van der Waals surface area (Å²) in [5.74, 6) is 0.927. The van der Waals surface area contributed by atoms with E-state index < -0.39 is 0 Å². The van der Waals surface area contributed by atoms with Gasteiger partial charge in [0.2, 0.25) is 0 Å². The number of amides is 1. The highest BCUT2D eigenvalue weighted by molar-refractivity contribution is 5.97. The van der Waals surface area contributed by atoms with Gasteiger partial charge in [-0.3, -0.25) is 4.79 Å². The molecule has 0 unspecified atom stereocenters. The number of nitrogens with one attached hydrogen (secondary N) is 2. The van der Waals surface area contributed by atoms with Crippen molar-refractivity contribution >= 4 is 16.9 Å². The lowest BCUT2D eigenvalue weighted by Crippen LogP contribution is -2.25. The molecule has 5 heteroatoms. The first-order chi connectivity index (χ1) is 11.3. The number of rotatable bonds is 4. The summed E-state index contributed by atoms with van der Waals surface area (Å²) < 4.78 is 5.50. The third-order valence-electron chi connectivity index (χ3n) is 4.14. The molecule has 0 fully saturated rings. The number of hydrogen-bond donors (Lipinski definition) is 2. The summed E-state index contributed by atoms with van der Waals surface area (Å²) >= 11 is 0. The molecule has 0 atom stereocenters. The zero-order chi connectivity index (χ0) is 15.6. The van der Waals surface area contributed by atoms with E-state index in [0.717, 1.165) is 36.2 Å². The normalized spacial score (nSPS) is 12.9. The maximum atomic E-state index is 12.2. The summed E-state index contributed by atoms with van der Waals surface area (Å²) in [6, 6.07) is 11.7. The Morgan fingerprint density at radius 1 is 1.26 bits per heavy atom. The van der Waals surface area contributed by atoms with Crippen LogP contribution in [-0.4, -0.2) is 29.0 Å². The number of carbonyl (C=O) groups excluding carboxylic acids is 1. The van der Waals surface area contributed by atoms with E-state index >= 15 is 0 Å². The first kappa shape index (κ1) is 13.8. The number of aromatic nitrogens is 2. The molecule has 2 aromatic carbocycles. The van der Waals surface area contributed by atoms with Crippen LogP contribution in [0.15, 0.2) is 42.7 Å². The molecule has 116 valence electrons. The van der Waals surface area contributed by atoms with Crippen molar-refractivity contribution in [3.63, 3.8) is 0 Å². The largest absolute Gasteiger partial charge is 0.493 e. The lowest BCUT2D eigenvalue weighted by atomic mass is 10.1. The summed E-state index contributed by atoms with van der Waals surface area (Å²) in [5.41, 5.74) is 4.86. The van der Waals surface area contributed by atoms with E-state index in [1.807, 2.05) is 18.2 Å². The average Bonchev–Trinajstić information content (AvgIpc) is 3.22. The van der Waals surface area contributed by atoms with Gasteiger partial charge in [0.25, 0.3) is 5.91 Å². The zero-order valence-corrected chi connectivity index (χ0v) is 12.6. The Morgan fingerprint density at radius 3 is 3.17 bits per heavy atom. The van der Waals surface area contributed by atoms with Gasteiger partial charge in [0.15, 0.2) is 0 Å². The SMILES string of the molecule is O=C(NCCc1ccc2c(c1)CCO2)c1ccc2nc[nH]c2c1. The molecule has 23 heavy (non-hydrogen) atoms. The zero-order valence-electron chi connectivity index (χ0n) is 12.6. The fourth-order valence-corrected chi connectivity index (χ4v) is 2.89. The van der Waals surface area contributed by atoms with Crippen LogP contribution >= 0.6 is 0 Å². The van der Waals surface area contributed by atoms with E-state index in [1.54, 1.807) is 12.4 Å². The molecule has 0 radical (unpaired) electrons. The number of ether oxygens (including phenoxy) is 1. The van der Waals surface area contributed by atoms with Gasteiger partial charge in [0.05, 0.1) is 24.0 Å². The van der Waals surface area contributed by atoms with E-state index in [4.69, 9.17) is 4.74 Å². The summed E-state index contributed by atoms with van der Waals surface area (Å²) in [6.07, 6.45) is 3.41. The second-order valence-electron chi connectivity index (χ2n) is 5.68. The van der Waals surface area contributed by atoms with Crippen LogP contribution in [0.1, 0.15) is 21.5 Å². The molecule has 5 nitrogen and oxygen atoms in total. The van der Waals surface area contributed by atoms with Crippen molar-refractivity contribution in [3.8, 4) is 5.75 Å². The van der Waals surface area contributed by atoms with E-state index in [2.05, 4.69) is 27.4 Å². The van der Waals surface area contributed by atoms with Gasteiger partial charge in [0.1, 0.15) is 5.75 Å². The van der Waals surface area contributed by atoms with Crippen molar-refractivity contribution in [1.82, 2.24) is 15.3 Å². The third kappa shape index (κ3) is 2.77. The van der Waals surface area contributed by atoms with Gasteiger partial charge in [-0.2, -0.15) is 0 Å². The predicted molar refractivity (Wildman–Crippen MR) is 87.8 cm³/mol. The number of fused-ring (bicyclic) bond motifs is 2. The van der Waals surface area contributed by atoms with E-state index in [9.17, 15) is 4.79 Å². The molecule has 1 aliphatic heterocycles. The Morgan fingerprint density at radius 2 is 2.22 bits per heavy atom. The van der Waals surface area contributed by atoms with Gasteiger partial charge in [-0.25, -0.2) is 4.98 Å². The smallest absolute Gasteiger partial charge is 0.251 e. The molecule has 0 saturated carbocycles. The summed E-state index contributed by atoms with van der Waals surface area (Å²) in [5, 5.41) is 2.97. The van der Waals surface area contributed by atoms with Crippen LogP contribution < -0.4 is 10.1 Å². The van der Waals surface area contributed by atoms with Crippen LogP contribution in [-0.2, 0) is 12.8 Å².